The number of carbonyl (C=O) groups is 3. The van der Waals surface area contributed by atoms with Crippen LogP contribution in [-0.4, -0.2) is 61.7 Å². The quantitative estimate of drug-likeness (QED) is 0.655. The highest BCUT2D eigenvalue weighted by Crippen LogP contribution is 2.37. The molecule has 1 aromatic carbocycles. The summed E-state index contributed by atoms with van der Waals surface area (Å²) in [5.74, 6) is -0.734. The zero-order chi connectivity index (χ0) is 20.0. The van der Waals surface area contributed by atoms with Crippen LogP contribution in [0.4, 0.5) is 0 Å². The van der Waals surface area contributed by atoms with Gasteiger partial charge in [-0.15, -0.1) is 0 Å². The molecule has 1 saturated heterocycles. The van der Waals surface area contributed by atoms with Crippen LogP contribution >= 0.6 is 11.6 Å². The van der Waals surface area contributed by atoms with E-state index < -0.39 is 11.9 Å². The van der Waals surface area contributed by atoms with Gasteiger partial charge in [0, 0.05) is 19.5 Å². The lowest BCUT2D eigenvalue weighted by molar-refractivity contribution is -0.148. The summed E-state index contributed by atoms with van der Waals surface area (Å²) in [7, 11) is 2.84. The number of hydrogen-bond donors (Lipinski definition) is 0. The van der Waals surface area contributed by atoms with Crippen molar-refractivity contribution >= 4 is 29.4 Å². The van der Waals surface area contributed by atoms with Crippen LogP contribution in [0.1, 0.15) is 36.5 Å². The molecule has 1 aliphatic rings. The minimum atomic E-state index is -0.451. The molecule has 0 N–H and O–H groups in total. The predicted molar refractivity (Wildman–Crippen MR) is 97.8 cm³/mol. The van der Waals surface area contributed by atoms with Crippen LogP contribution in [0.2, 0.25) is 5.02 Å². The molecular formula is C18H23ClN2O6. The van der Waals surface area contributed by atoms with E-state index in [1.807, 2.05) is 0 Å². The molecule has 0 atom stereocenters. The molecule has 27 heavy (non-hydrogen) atoms. The van der Waals surface area contributed by atoms with Gasteiger partial charge in [-0.3, -0.25) is 19.4 Å². The average molecular weight is 399 g/mol. The number of esters is 1. The van der Waals surface area contributed by atoms with Crippen molar-refractivity contribution in [2.24, 2.45) is 0 Å². The summed E-state index contributed by atoms with van der Waals surface area (Å²) >= 11 is 6.14. The third-order valence-corrected chi connectivity index (χ3v) is 4.41. The van der Waals surface area contributed by atoms with Crippen LogP contribution in [0.3, 0.4) is 0 Å². The number of carbonyl (C=O) groups excluding carboxylic acids is 3. The molecule has 0 spiro atoms. The molecule has 1 aliphatic heterocycles. The van der Waals surface area contributed by atoms with Gasteiger partial charge in [-0.25, -0.2) is 5.01 Å². The molecule has 2 amide bonds. The molecule has 1 heterocycles. The van der Waals surface area contributed by atoms with E-state index in [9.17, 15) is 14.4 Å². The van der Waals surface area contributed by atoms with Gasteiger partial charge < -0.3 is 14.2 Å². The Morgan fingerprint density at radius 1 is 1.07 bits per heavy atom. The summed E-state index contributed by atoms with van der Waals surface area (Å²) in [4.78, 5) is 37.1. The number of hydrogen-bond acceptors (Lipinski definition) is 6. The van der Waals surface area contributed by atoms with Crippen LogP contribution in [0.5, 0.6) is 11.5 Å². The fourth-order valence-electron chi connectivity index (χ4n) is 2.89. The van der Waals surface area contributed by atoms with Crippen molar-refractivity contribution in [2.45, 2.75) is 26.2 Å². The molecule has 0 aromatic heterocycles. The van der Waals surface area contributed by atoms with Gasteiger partial charge >= 0.3 is 5.97 Å². The second kappa shape index (κ2) is 9.45. The maximum absolute atomic E-state index is 13.1. The van der Waals surface area contributed by atoms with Gasteiger partial charge in [-0.05, 0) is 25.5 Å². The summed E-state index contributed by atoms with van der Waals surface area (Å²) in [5.41, 5.74) is 0.151. The van der Waals surface area contributed by atoms with E-state index in [-0.39, 0.29) is 41.7 Å². The van der Waals surface area contributed by atoms with E-state index >= 15 is 0 Å². The number of amides is 2. The maximum Gasteiger partial charge on any atom is 0.306 e. The lowest BCUT2D eigenvalue weighted by Crippen LogP contribution is -2.45. The highest BCUT2D eigenvalue weighted by Gasteiger charge is 2.34. The molecule has 0 saturated carbocycles. The van der Waals surface area contributed by atoms with Crippen molar-refractivity contribution in [2.75, 3.05) is 33.9 Å². The van der Waals surface area contributed by atoms with Crippen LogP contribution in [-0.2, 0) is 14.3 Å². The first-order chi connectivity index (χ1) is 12.9. The molecule has 0 bridgehead atoms. The molecule has 0 radical (unpaired) electrons. The number of benzene rings is 1. The average Bonchev–Trinajstić information content (AvgIpc) is 3.15. The van der Waals surface area contributed by atoms with E-state index in [2.05, 4.69) is 0 Å². The van der Waals surface area contributed by atoms with E-state index in [4.69, 9.17) is 25.8 Å². The number of rotatable bonds is 7. The Morgan fingerprint density at radius 3 is 2.41 bits per heavy atom. The maximum atomic E-state index is 13.1. The van der Waals surface area contributed by atoms with Gasteiger partial charge in [0.25, 0.3) is 5.91 Å². The normalized spacial score (nSPS) is 13.5. The molecule has 0 aliphatic carbocycles. The molecule has 8 nitrogen and oxygen atoms in total. The highest BCUT2D eigenvalue weighted by atomic mass is 35.5. The SMILES string of the molecule is CCOC(=O)CCC(=O)N1CCCN1C(=O)c1c(OC)ccc(Cl)c1OC. The first-order valence-corrected chi connectivity index (χ1v) is 9.00. The second-order valence-corrected chi connectivity index (χ2v) is 6.17. The minimum absolute atomic E-state index is 0.0327. The van der Waals surface area contributed by atoms with Gasteiger partial charge in [-0.1, -0.05) is 11.6 Å². The molecule has 2 rings (SSSR count). The molecule has 0 unspecified atom stereocenters. The van der Waals surface area contributed by atoms with Gasteiger partial charge in [0.2, 0.25) is 5.91 Å². The molecule has 1 aromatic rings. The van der Waals surface area contributed by atoms with Gasteiger partial charge in [0.15, 0.2) is 5.75 Å². The van der Waals surface area contributed by atoms with Gasteiger partial charge in [-0.2, -0.15) is 0 Å². The lowest BCUT2D eigenvalue weighted by atomic mass is 10.1. The van der Waals surface area contributed by atoms with E-state index in [0.717, 1.165) is 0 Å². The fraction of sp³-hybridized carbons (Fsp3) is 0.500. The van der Waals surface area contributed by atoms with Crippen molar-refractivity contribution in [1.82, 2.24) is 10.0 Å². The summed E-state index contributed by atoms with van der Waals surface area (Å²) in [6.07, 6.45) is 0.559. The Kier molecular flexibility index (Phi) is 7.29. The summed E-state index contributed by atoms with van der Waals surface area (Å²) < 4.78 is 15.4. The predicted octanol–water partition coefficient (Wildman–Crippen LogP) is 2.29. The van der Waals surface area contributed by atoms with Crippen LogP contribution in [0.15, 0.2) is 12.1 Å². The van der Waals surface area contributed by atoms with E-state index in [1.54, 1.807) is 19.1 Å². The molecular weight excluding hydrogens is 376 g/mol. The van der Waals surface area contributed by atoms with Crippen LogP contribution < -0.4 is 9.47 Å². The van der Waals surface area contributed by atoms with Gasteiger partial charge in [0.05, 0.1) is 32.3 Å². The van der Waals surface area contributed by atoms with Gasteiger partial charge in [0.1, 0.15) is 11.3 Å². The third-order valence-electron chi connectivity index (χ3n) is 4.11. The number of ether oxygens (including phenoxy) is 3. The Morgan fingerprint density at radius 2 is 1.78 bits per heavy atom. The standard InChI is InChI=1S/C18H23ClN2O6/c1-4-27-15(23)9-8-14(22)20-10-5-11-21(20)18(24)16-13(25-2)7-6-12(19)17(16)26-3/h6-7H,4-5,8-11H2,1-3H3. The van der Waals surface area contributed by atoms with Crippen molar-refractivity contribution in [3.05, 3.63) is 22.7 Å². The molecule has 148 valence electrons. The zero-order valence-electron chi connectivity index (χ0n) is 15.6. The van der Waals surface area contributed by atoms with Crippen molar-refractivity contribution in [3.63, 3.8) is 0 Å². The third kappa shape index (κ3) is 4.63. The smallest absolute Gasteiger partial charge is 0.306 e. The fourth-order valence-corrected chi connectivity index (χ4v) is 3.13. The van der Waals surface area contributed by atoms with Crippen molar-refractivity contribution in [1.29, 1.82) is 0 Å². The zero-order valence-corrected chi connectivity index (χ0v) is 16.4. The first-order valence-electron chi connectivity index (χ1n) is 8.62. The summed E-state index contributed by atoms with van der Waals surface area (Å²) in [6.45, 7) is 2.71. The van der Waals surface area contributed by atoms with E-state index in [0.29, 0.717) is 25.3 Å². The largest absolute Gasteiger partial charge is 0.496 e. The second-order valence-electron chi connectivity index (χ2n) is 5.76. The Bertz CT molecular complexity index is 724. The topological polar surface area (TPSA) is 85.4 Å². The number of halogens is 1. The minimum Gasteiger partial charge on any atom is -0.496 e. The number of nitrogens with zero attached hydrogens (tertiary/aromatic N) is 2. The van der Waals surface area contributed by atoms with Crippen molar-refractivity contribution < 1.29 is 28.6 Å². The van der Waals surface area contributed by atoms with Crippen LogP contribution in [0.25, 0.3) is 0 Å². The van der Waals surface area contributed by atoms with Crippen molar-refractivity contribution in [3.8, 4) is 11.5 Å². The number of hydrazine groups is 1. The Labute approximate surface area is 162 Å². The van der Waals surface area contributed by atoms with Crippen LogP contribution in [0, 0.1) is 0 Å². The molecule has 9 heteroatoms. The van der Waals surface area contributed by atoms with E-state index in [1.165, 1.54) is 24.2 Å². The lowest BCUT2D eigenvalue weighted by Gasteiger charge is -2.29. The highest BCUT2D eigenvalue weighted by molar-refractivity contribution is 6.32. The summed E-state index contributed by atoms with van der Waals surface area (Å²) in [6, 6.07) is 3.14. The summed E-state index contributed by atoms with van der Waals surface area (Å²) in [5, 5.41) is 2.95. The first kappa shape index (κ1) is 20.8. The Hall–Kier alpha value is -2.48. The Balaban J connectivity index is 2.22. The number of methoxy groups -OCH3 is 2. The monoisotopic (exact) mass is 398 g/mol. The molecule has 1 fully saturated rings.